The minimum absolute atomic E-state index is 0.0393. The number of amides is 1. The second-order valence-electron chi connectivity index (χ2n) is 6.68. The summed E-state index contributed by atoms with van der Waals surface area (Å²) in [5, 5.41) is 11.4. The maximum atomic E-state index is 12.3. The van der Waals surface area contributed by atoms with Crippen molar-refractivity contribution in [2.24, 2.45) is 4.99 Å². The van der Waals surface area contributed by atoms with E-state index in [1.807, 2.05) is 61.4 Å². The Morgan fingerprint density at radius 2 is 1.92 bits per heavy atom. The van der Waals surface area contributed by atoms with E-state index in [0.717, 1.165) is 11.1 Å². The summed E-state index contributed by atoms with van der Waals surface area (Å²) in [4.78, 5) is 20.4. The van der Waals surface area contributed by atoms with Crippen molar-refractivity contribution in [1.82, 2.24) is 9.80 Å². The zero-order valence-corrected chi connectivity index (χ0v) is 14.5. The summed E-state index contributed by atoms with van der Waals surface area (Å²) < 4.78 is 0. The first-order valence-corrected chi connectivity index (χ1v) is 8.05. The zero-order chi connectivity index (χ0) is 17.5. The molecule has 2 atom stereocenters. The van der Waals surface area contributed by atoms with Crippen molar-refractivity contribution >= 4 is 11.7 Å². The number of aryl methyl sites for hydroxylation is 1. The highest BCUT2D eigenvalue weighted by atomic mass is 16.3. The summed E-state index contributed by atoms with van der Waals surface area (Å²) in [6, 6.07) is 7.19. The first-order chi connectivity index (χ1) is 11.3. The molecule has 5 heteroatoms. The average Bonchev–Trinajstić information content (AvgIpc) is 2.81. The molecule has 2 aliphatic rings. The minimum Gasteiger partial charge on any atom is -0.364 e. The molecule has 126 valence electrons. The molecule has 2 heterocycles. The third-order valence-electron chi connectivity index (χ3n) is 4.53. The lowest BCUT2D eigenvalue weighted by molar-refractivity contribution is -0.131. The molecule has 1 aromatic rings. The van der Waals surface area contributed by atoms with Crippen molar-refractivity contribution in [1.29, 1.82) is 0 Å². The van der Waals surface area contributed by atoms with Gasteiger partial charge in [-0.15, -0.1) is 0 Å². The van der Waals surface area contributed by atoms with Gasteiger partial charge in [-0.3, -0.25) is 4.79 Å². The van der Waals surface area contributed by atoms with Crippen LogP contribution in [0.2, 0.25) is 0 Å². The first kappa shape index (κ1) is 16.5. The summed E-state index contributed by atoms with van der Waals surface area (Å²) in [7, 11) is 3.45. The molecule has 1 aromatic carbocycles. The molecule has 0 aliphatic carbocycles. The average molecular weight is 325 g/mol. The number of hydrogen-bond acceptors (Lipinski definition) is 4. The number of rotatable bonds is 3. The van der Waals surface area contributed by atoms with Gasteiger partial charge in [0, 0.05) is 25.9 Å². The second-order valence-corrected chi connectivity index (χ2v) is 6.68. The van der Waals surface area contributed by atoms with Crippen LogP contribution in [-0.2, 0) is 10.5 Å². The van der Waals surface area contributed by atoms with Gasteiger partial charge in [-0.2, -0.15) is 0 Å². The maximum Gasteiger partial charge on any atom is 0.224 e. The Bertz CT molecular complexity index is 746. The fourth-order valence-electron chi connectivity index (χ4n) is 3.05. The molecule has 0 aromatic heterocycles. The monoisotopic (exact) mass is 325 g/mol. The van der Waals surface area contributed by atoms with Gasteiger partial charge in [0.1, 0.15) is 5.84 Å². The smallest absolute Gasteiger partial charge is 0.224 e. The van der Waals surface area contributed by atoms with Crippen molar-refractivity contribution < 1.29 is 9.90 Å². The van der Waals surface area contributed by atoms with Crippen LogP contribution in [-0.4, -0.2) is 46.8 Å². The number of hydrogen-bond donors (Lipinski definition) is 1. The van der Waals surface area contributed by atoms with Gasteiger partial charge in [-0.25, -0.2) is 4.99 Å². The van der Waals surface area contributed by atoms with Crippen molar-refractivity contribution in [2.75, 3.05) is 14.1 Å². The molecule has 0 saturated carbocycles. The van der Waals surface area contributed by atoms with E-state index in [4.69, 9.17) is 0 Å². The summed E-state index contributed by atoms with van der Waals surface area (Å²) in [6.07, 6.45) is 5.97. The maximum absolute atomic E-state index is 12.3. The third kappa shape index (κ3) is 2.76. The summed E-state index contributed by atoms with van der Waals surface area (Å²) in [5.41, 5.74) is 1.43. The highest BCUT2D eigenvalue weighted by Crippen LogP contribution is 2.39. The number of fused-ring (bicyclic) bond motifs is 1. The molecular weight excluding hydrogens is 302 g/mol. The van der Waals surface area contributed by atoms with Crippen LogP contribution in [0.25, 0.3) is 0 Å². The molecule has 0 saturated heterocycles. The fourth-order valence-corrected chi connectivity index (χ4v) is 3.05. The largest absolute Gasteiger partial charge is 0.364 e. The molecule has 2 aliphatic heterocycles. The summed E-state index contributed by atoms with van der Waals surface area (Å²) in [5.74, 6) is 0.642. The van der Waals surface area contributed by atoms with E-state index in [0.29, 0.717) is 11.4 Å². The van der Waals surface area contributed by atoms with Gasteiger partial charge in [0.15, 0.2) is 0 Å². The van der Waals surface area contributed by atoms with Gasteiger partial charge in [-0.05, 0) is 25.5 Å². The molecule has 0 bridgehead atoms. The Morgan fingerprint density at radius 3 is 2.54 bits per heavy atom. The molecule has 0 radical (unpaired) electrons. The van der Waals surface area contributed by atoms with E-state index < -0.39 is 11.8 Å². The van der Waals surface area contributed by atoms with Crippen LogP contribution in [0.15, 0.2) is 53.2 Å². The van der Waals surface area contributed by atoms with Crippen LogP contribution in [0.1, 0.15) is 24.5 Å². The minimum atomic E-state index is -1.44. The normalized spacial score (nSPS) is 25.2. The van der Waals surface area contributed by atoms with Crippen LogP contribution in [0.3, 0.4) is 0 Å². The number of carbonyl (C=O) groups excluding carboxylic acids is 1. The first-order valence-electron chi connectivity index (χ1n) is 8.05. The molecule has 0 unspecified atom stereocenters. The molecular formula is C19H23N3O2. The molecule has 3 rings (SSSR count). The van der Waals surface area contributed by atoms with Crippen LogP contribution in [0, 0.1) is 6.92 Å². The standard InChI is InChI=1S/C19H23N3O2/c1-13-5-8-15(9-6-13)19(24)16(11-18(23)21(3)4)22-12-14(2)7-10-17(22)20-19/h5-10,12,16,24H,11H2,1-4H3/t16-,19+/m0/s1. The van der Waals surface area contributed by atoms with Gasteiger partial charge in [0.2, 0.25) is 11.6 Å². The van der Waals surface area contributed by atoms with E-state index in [9.17, 15) is 9.90 Å². The van der Waals surface area contributed by atoms with Gasteiger partial charge in [0.25, 0.3) is 0 Å². The van der Waals surface area contributed by atoms with Crippen LogP contribution in [0.4, 0.5) is 0 Å². The lowest BCUT2D eigenvalue weighted by Crippen LogP contribution is -2.46. The zero-order valence-electron chi connectivity index (χ0n) is 14.5. The highest BCUT2D eigenvalue weighted by molar-refractivity contribution is 5.98. The quantitative estimate of drug-likeness (QED) is 0.927. The van der Waals surface area contributed by atoms with E-state index in [1.54, 1.807) is 19.0 Å². The molecule has 0 spiro atoms. The number of amidine groups is 1. The van der Waals surface area contributed by atoms with E-state index >= 15 is 0 Å². The molecule has 1 amide bonds. The molecule has 24 heavy (non-hydrogen) atoms. The lowest BCUT2D eigenvalue weighted by Gasteiger charge is -2.34. The predicted molar refractivity (Wildman–Crippen MR) is 94.3 cm³/mol. The van der Waals surface area contributed by atoms with E-state index in [2.05, 4.69) is 4.99 Å². The van der Waals surface area contributed by atoms with Crippen LogP contribution >= 0.6 is 0 Å². The van der Waals surface area contributed by atoms with Crippen LogP contribution in [0.5, 0.6) is 0 Å². The van der Waals surface area contributed by atoms with Gasteiger partial charge < -0.3 is 14.9 Å². The molecule has 1 N–H and O–H groups in total. The number of allylic oxidation sites excluding steroid dienone is 2. The van der Waals surface area contributed by atoms with Crippen molar-refractivity contribution in [3.05, 3.63) is 59.3 Å². The second kappa shape index (κ2) is 5.91. The number of benzene rings is 1. The topological polar surface area (TPSA) is 56.1 Å². The number of aliphatic imine (C=N–C) groups is 1. The molecule has 5 nitrogen and oxygen atoms in total. The fraction of sp³-hybridized carbons (Fsp3) is 0.368. The Kier molecular flexibility index (Phi) is 4.05. The SMILES string of the molecule is CC1=CN2C(=N[C@@](O)(c3ccc(C)cc3)[C@@H]2CC(=O)N(C)C)C=C1. The third-order valence-corrected chi connectivity index (χ3v) is 4.53. The number of aliphatic hydroxyl groups is 1. The van der Waals surface area contributed by atoms with E-state index in [-0.39, 0.29) is 12.3 Å². The van der Waals surface area contributed by atoms with Gasteiger partial charge >= 0.3 is 0 Å². The van der Waals surface area contributed by atoms with Crippen molar-refractivity contribution in [2.45, 2.75) is 32.0 Å². The Morgan fingerprint density at radius 1 is 1.25 bits per heavy atom. The lowest BCUT2D eigenvalue weighted by atomic mass is 9.92. The number of carbonyl (C=O) groups is 1. The van der Waals surface area contributed by atoms with Crippen molar-refractivity contribution in [3.63, 3.8) is 0 Å². The Hall–Kier alpha value is -2.40. The van der Waals surface area contributed by atoms with Crippen LogP contribution < -0.4 is 0 Å². The summed E-state index contributed by atoms with van der Waals surface area (Å²) in [6.45, 7) is 3.99. The predicted octanol–water partition coefficient (Wildman–Crippen LogP) is 2.17. The number of nitrogens with zero attached hydrogens (tertiary/aromatic N) is 3. The van der Waals surface area contributed by atoms with E-state index in [1.165, 1.54) is 0 Å². The summed E-state index contributed by atoms with van der Waals surface area (Å²) >= 11 is 0. The Balaban J connectivity index is 2.04. The molecule has 0 fully saturated rings. The van der Waals surface area contributed by atoms with Gasteiger partial charge in [0.05, 0.1) is 12.5 Å². The Labute approximate surface area is 142 Å². The highest BCUT2D eigenvalue weighted by Gasteiger charge is 2.49. The van der Waals surface area contributed by atoms with Gasteiger partial charge in [-0.1, -0.05) is 35.9 Å². The van der Waals surface area contributed by atoms with Crippen molar-refractivity contribution in [3.8, 4) is 0 Å².